The van der Waals surface area contributed by atoms with E-state index in [2.05, 4.69) is 16.7 Å². The number of likely N-dealkylation sites (tertiary alicyclic amines) is 1. The molecule has 4 heteroatoms. The fourth-order valence-electron chi connectivity index (χ4n) is 1.39. The predicted molar refractivity (Wildman–Crippen MR) is 75.6 cm³/mol. The lowest BCUT2D eigenvalue weighted by molar-refractivity contribution is -0.138. The van der Waals surface area contributed by atoms with E-state index in [0.29, 0.717) is 19.0 Å². The lowest BCUT2D eigenvalue weighted by Crippen LogP contribution is -2.31. The third-order valence-electron chi connectivity index (χ3n) is 2.50. The number of hydrogen-bond acceptors (Lipinski definition) is 4. The molecule has 0 radical (unpaired) electrons. The van der Waals surface area contributed by atoms with Gasteiger partial charge in [0.15, 0.2) is 0 Å². The molecule has 1 rings (SSSR count). The maximum Gasteiger partial charge on any atom is 0.293 e. The molecule has 110 valence electrons. The van der Waals surface area contributed by atoms with Crippen LogP contribution in [0.1, 0.15) is 47.5 Å². The van der Waals surface area contributed by atoms with Crippen LogP contribution in [0.5, 0.6) is 0 Å². The Morgan fingerprint density at radius 2 is 1.72 bits per heavy atom. The average Bonchev–Trinajstić information content (AvgIpc) is 2.32. The summed E-state index contributed by atoms with van der Waals surface area (Å²) in [4.78, 5) is 11.9. The van der Waals surface area contributed by atoms with E-state index in [9.17, 15) is 4.79 Å². The minimum atomic E-state index is -0.318. The highest BCUT2D eigenvalue weighted by atomic mass is 16.5. The van der Waals surface area contributed by atoms with E-state index >= 15 is 0 Å². The zero-order valence-corrected chi connectivity index (χ0v) is 12.9. The van der Waals surface area contributed by atoms with Gasteiger partial charge in [-0.25, -0.2) is 0 Å². The smallest absolute Gasteiger partial charge is 0.293 e. The second-order valence-electron chi connectivity index (χ2n) is 5.26. The Hall–Kier alpha value is -0.610. The Morgan fingerprint density at radius 3 is 1.94 bits per heavy atom. The minimum absolute atomic E-state index is 0.318. The average molecular weight is 261 g/mol. The van der Waals surface area contributed by atoms with Gasteiger partial charge >= 0.3 is 0 Å². The molecule has 0 saturated carbocycles. The van der Waals surface area contributed by atoms with Crippen LogP contribution in [-0.2, 0) is 9.53 Å². The van der Waals surface area contributed by atoms with Crippen molar-refractivity contribution in [1.29, 1.82) is 0 Å². The molecule has 1 heterocycles. The Bertz CT molecular complexity index is 182. The van der Waals surface area contributed by atoms with Crippen LogP contribution in [-0.4, -0.2) is 48.8 Å². The molecule has 1 fully saturated rings. The van der Waals surface area contributed by atoms with Gasteiger partial charge < -0.3 is 14.7 Å². The molecule has 0 unspecified atom stereocenters. The van der Waals surface area contributed by atoms with Crippen LogP contribution in [0.4, 0.5) is 0 Å². The second kappa shape index (κ2) is 11.5. The van der Waals surface area contributed by atoms with Crippen molar-refractivity contribution in [1.82, 2.24) is 4.90 Å². The van der Waals surface area contributed by atoms with Gasteiger partial charge in [0, 0.05) is 6.61 Å². The Morgan fingerprint density at radius 1 is 1.28 bits per heavy atom. The van der Waals surface area contributed by atoms with Crippen molar-refractivity contribution in [2.45, 2.75) is 53.1 Å². The quantitative estimate of drug-likeness (QED) is 0.775. The number of rotatable bonds is 2. The molecule has 0 aromatic rings. The molecule has 1 aliphatic heterocycles. The van der Waals surface area contributed by atoms with Gasteiger partial charge in [-0.2, -0.15) is 0 Å². The summed E-state index contributed by atoms with van der Waals surface area (Å²) in [6, 6.07) is 0. The van der Waals surface area contributed by atoms with Crippen molar-refractivity contribution in [3.8, 4) is 0 Å². The second-order valence-corrected chi connectivity index (χ2v) is 5.26. The largest absolute Gasteiger partial charge is 0.462 e. The number of nitrogens with zero attached hydrogens (tertiary/aromatic N) is 1. The van der Waals surface area contributed by atoms with Gasteiger partial charge in [0.25, 0.3) is 6.47 Å². The van der Waals surface area contributed by atoms with Gasteiger partial charge in [-0.05, 0) is 59.7 Å². The van der Waals surface area contributed by atoms with Crippen molar-refractivity contribution in [3.05, 3.63) is 0 Å². The molecule has 0 amide bonds. The third kappa shape index (κ3) is 13.5. The van der Waals surface area contributed by atoms with Crippen LogP contribution in [0.25, 0.3) is 0 Å². The molecule has 1 aliphatic rings. The molecular formula is C14H31NO3. The van der Waals surface area contributed by atoms with E-state index in [1.165, 1.54) is 12.8 Å². The van der Waals surface area contributed by atoms with Crippen molar-refractivity contribution in [3.63, 3.8) is 0 Å². The Kier molecular flexibility index (Phi) is 12.6. The molecule has 0 bridgehead atoms. The first-order valence-electron chi connectivity index (χ1n) is 6.80. The number of carbonyl (C=O) groups is 1. The molecule has 1 saturated heterocycles. The number of piperidine rings is 1. The Balaban J connectivity index is 0. The standard InChI is InChI=1S/C7H15NO.C5H10O2.C2H6/c1-8-4-2-7(6-9)3-5-8;1-5(2,3)7-4-6;1-2/h7,9H,2-6H2,1H3;4H,1-3H3;1-2H3. The highest BCUT2D eigenvalue weighted by Gasteiger charge is 2.14. The Labute approximate surface area is 112 Å². The molecule has 18 heavy (non-hydrogen) atoms. The number of hydrogen-bond donors (Lipinski definition) is 1. The van der Waals surface area contributed by atoms with Crippen LogP contribution >= 0.6 is 0 Å². The zero-order chi connectivity index (χ0) is 14.6. The summed E-state index contributed by atoms with van der Waals surface area (Å²) in [5, 5.41) is 8.76. The predicted octanol–water partition coefficient (Wildman–Crippen LogP) is 2.30. The van der Waals surface area contributed by atoms with Crippen LogP contribution in [0.3, 0.4) is 0 Å². The molecule has 4 nitrogen and oxygen atoms in total. The lowest BCUT2D eigenvalue weighted by atomic mass is 9.98. The monoisotopic (exact) mass is 261 g/mol. The summed E-state index contributed by atoms with van der Waals surface area (Å²) >= 11 is 0. The number of ether oxygens (including phenoxy) is 1. The maximum atomic E-state index is 9.60. The molecular weight excluding hydrogens is 230 g/mol. The van der Waals surface area contributed by atoms with Crippen molar-refractivity contribution in [2.24, 2.45) is 5.92 Å². The highest BCUT2D eigenvalue weighted by Crippen LogP contribution is 2.14. The van der Waals surface area contributed by atoms with Gasteiger partial charge in [-0.1, -0.05) is 13.8 Å². The first kappa shape index (κ1) is 19.7. The first-order valence-corrected chi connectivity index (χ1v) is 6.80. The number of carbonyl (C=O) groups excluding carboxylic acids is 1. The molecule has 0 aromatic carbocycles. The zero-order valence-electron chi connectivity index (χ0n) is 12.9. The van der Waals surface area contributed by atoms with Crippen molar-refractivity contribution < 1.29 is 14.6 Å². The summed E-state index contributed by atoms with van der Waals surface area (Å²) in [5.74, 6) is 0.584. The van der Waals surface area contributed by atoms with E-state index in [1.807, 2.05) is 34.6 Å². The van der Waals surface area contributed by atoms with Gasteiger partial charge in [-0.3, -0.25) is 4.79 Å². The molecule has 0 atom stereocenters. The van der Waals surface area contributed by atoms with Crippen molar-refractivity contribution in [2.75, 3.05) is 26.7 Å². The van der Waals surface area contributed by atoms with Gasteiger partial charge in [0.1, 0.15) is 5.60 Å². The van der Waals surface area contributed by atoms with Crippen LogP contribution in [0.15, 0.2) is 0 Å². The molecule has 0 aliphatic carbocycles. The van der Waals surface area contributed by atoms with Gasteiger partial charge in [0.2, 0.25) is 0 Å². The van der Waals surface area contributed by atoms with E-state index in [0.717, 1.165) is 13.1 Å². The SMILES string of the molecule is CC.CC(C)(C)OC=O.CN1CCC(CO)CC1. The van der Waals surface area contributed by atoms with Crippen LogP contribution in [0.2, 0.25) is 0 Å². The third-order valence-corrected chi connectivity index (χ3v) is 2.50. The van der Waals surface area contributed by atoms with E-state index < -0.39 is 0 Å². The minimum Gasteiger partial charge on any atom is -0.462 e. The normalized spacial score (nSPS) is 16.8. The summed E-state index contributed by atoms with van der Waals surface area (Å²) < 4.78 is 4.55. The highest BCUT2D eigenvalue weighted by molar-refractivity contribution is 5.37. The molecule has 0 aromatic heterocycles. The van der Waals surface area contributed by atoms with Gasteiger partial charge in [-0.15, -0.1) is 0 Å². The topological polar surface area (TPSA) is 49.8 Å². The van der Waals surface area contributed by atoms with Crippen LogP contribution < -0.4 is 0 Å². The maximum absolute atomic E-state index is 9.60. The summed E-state index contributed by atoms with van der Waals surface area (Å²) in [5.41, 5.74) is -0.318. The van der Waals surface area contributed by atoms with E-state index in [-0.39, 0.29) is 5.60 Å². The molecule has 0 spiro atoms. The summed E-state index contributed by atoms with van der Waals surface area (Å²) in [7, 11) is 2.13. The van der Waals surface area contributed by atoms with Crippen molar-refractivity contribution >= 4 is 6.47 Å². The molecule has 1 N–H and O–H groups in total. The van der Waals surface area contributed by atoms with Crippen LogP contribution in [0, 0.1) is 5.92 Å². The fourth-order valence-corrected chi connectivity index (χ4v) is 1.39. The van der Waals surface area contributed by atoms with E-state index in [1.54, 1.807) is 0 Å². The summed E-state index contributed by atoms with van der Waals surface area (Å²) in [6.45, 7) is 12.6. The number of aliphatic hydroxyl groups is 1. The fraction of sp³-hybridized carbons (Fsp3) is 0.929. The first-order chi connectivity index (χ1) is 8.39. The van der Waals surface area contributed by atoms with Gasteiger partial charge in [0.05, 0.1) is 0 Å². The summed E-state index contributed by atoms with van der Waals surface area (Å²) in [6.07, 6.45) is 2.35. The van der Waals surface area contributed by atoms with E-state index in [4.69, 9.17) is 5.11 Å². The lowest BCUT2D eigenvalue weighted by Gasteiger charge is -2.27. The number of aliphatic hydroxyl groups excluding tert-OH is 1.